The van der Waals surface area contributed by atoms with Gasteiger partial charge in [-0.3, -0.25) is 9.48 Å². The highest BCUT2D eigenvalue weighted by atomic mass is 32.2. The Labute approximate surface area is 119 Å². The molecule has 0 bridgehead atoms. The van der Waals surface area contributed by atoms with Gasteiger partial charge < -0.3 is 11.1 Å². The number of nitrogens with one attached hydrogen (secondary N) is 1. The van der Waals surface area contributed by atoms with Crippen molar-refractivity contribution in [1.82, 2.24) is 19.4 Å². The van der Waals surface area contributed by atoms with Gasteiger partial charge in [-0.2, -0.15) is 9.40 Å². The Morgan fingerprint density at radius 3 is 2.60 bits per heavy atom. The standard InChI is InChI=1S/C11H21N5O3S/c1-8(2)5-13-10(17)7-16(4)20(18,19)9-6-15(3)14-11(9)12/h6,8H,5,7H2,1-4H3,(H2,12,14)(H,13,17). The molecule has 20 heavy (non-hydrogen) atoms. The fourth-order valence-electron chi connectivity index (χ4n) is 1.51. The molecule has 0 unspecified atom stereocenters. The van der Waals surface area contributed by atoms with Gasteiger partial charge in [-0.25, -0.2) is 8.42 Å². The van der Waals surface area contributed by atoms with Crippen LogP contribution in [-0.2, 0) is 21.9 Å². The smallest absolute Gasteiger partial charge is 0.248 e. The minimum absolute atomic E-state index is 0.0815. The molecule has 1 aromatic rings. The highest BCUT2D eigenvalue weighted by Gasteiger charge is 2.27. The van der Waals surface area contributed by atoms with Crippen molar-refractivity contribution in [2.75, 3.05) is 25.9 Å². The molecule has 0 aromatic carbocycles. The average Bonchev–Trinajstić information content (AvgIpc) is 2.66. The molecule has 1 heterocycles. The first-order chi connectivity index (χ1) is 9.14. The molecule has 8 nitrogen and oxygen atoms in total. The predicted molar refractivity (Wildman–Crippen MR) is 75.3 cm³/mol. The second-order valence-corrected chi connectivity index (χ2v) is 7.02. The van der Waals surface area contributed by atoms with Crippen LogP contribution in [0.5, 0.6) is 0 Å². The lowest BCUT2D eigenvalue weighted by atomic mass is 10.2. The molecule has 0 aliphatic carbocycles. The van der Waals surface area contributed by atoms with E-state index in [0.717, 1.165) is 4.31 Å². The second-order valence-electron chi connectivity index (χ2n) is 5.01. The molecule has 0 aliphatic heterocycles. The van der Waals surface area contributed by atoms with E-state index in [4.69, 9.17) is 5.73 Å². The van der Waals surface area contributed by atoms with Gasteiger partial charge in [-0.05, 0) is 5.92 Å². The van der Waals surface area contributed by atoms with Crippen molar-refractivity contribution in [3.05, 3.63) is 6.20 Å². The quantitative estimate of drug-likeness (QED) is 0.729. The summed E-state index contributed by atoms with van der Waals surface area (Å²) >= 11 is 0. The molecular formula is C11H21N5O3S. The molecule has 3 N–H and O–H groups in total. The van der Waals surface area contributed by atoms with Crippen LogP contribution >= 0.6 is 0 Å². The normalized spacial score (nSPS) is 12.1. The number of aromatic nitrogens is 2. The molecule has 0 atom stereocenters. The Hall–Kier alpha value is -1.61. The van der Waals surface area contributed by atoms with Crippen molar-refractivity contribution in [3.63, 3.8) is 0 Å². The minimum Gasteiger partial charge on any atom is -0.381 e. The van der Waals surface area contributed by atoms with E-state index in [9.17, 15) is 13.2 Å². The summed E-state index contributed by atoms with van der Waals surface area (Å²) in [7, 11) is -0.914. The maximum absolute atomic E-state index is 12.3. The second kappa shape index (κ2) is 6.23. The van der Waals surface area contributed by atoms with Crippen LogP contribution in [0.25, 0.3) is 0 Å². The minimum atomic E-state index is -3.82. The van der Waals surface area contributed by atoms with E-state index in [2.05, 4.69) is 10.4 Å². The highest BCUT2D eigenvalue weighted by molar-refractivity contribution is 7.89. The molecular weight excluding hydrogens is 282 g/mol. The molecule has 0 spiro atoms. The van der Waals surface area contributed by atoms with E-state index in [1.165, 1.54) is 17.9 Å². The van der Waals surface area contributed by atoms with E-state index in [0.29, 0.717) is 12.5 Å². The lowest BCUT2D eigenvalue weighted by Crippen LogP contribution is -2.39. The summed E-state index contributed by atoms with van der Waals surface area (Å²) in [5.74, 6) is -0.135. The molecule has 0 fully saturated rings. The van der Waals surface area contributed by atoms with Crippen LogP contribution in [0.1, 0.15) is 13.8 Å². The number of nitrogen functional groups attached to an aromatic ring is 1. The Kier molecular flexibility index (Phi) is 5.12. The summed E-state index contributed by atoms with van der Waals surface area (Å²) in [6.45, 7) is 4.15. The third-order valence-corrected chi connectivity index (χ3v) is 4.40. The number of carbonyl (C=O) groups is 1. The Balaban J connectivity index is 2.78. The predicted octanol–water partition coefficient (Wildman–Crippen LogP) is -0.605. The van der Waals surface area contributed by atoms with Gasteiger partial charge in [0.05, 0.1) is 6.54 Å². The number of likely N-dealkylation sites (N-methyl/N-ethyl adjacent to an activating group) is 1. The number of amides is 1. The number of hydrogen-bond donors (Lipinski definition) is 2. The van der Waals surface area contributed by atoms with Crippen molar-refractivity contribution in [2.24, 2.45) is 13.0 Å². The number of anilines is 1. The van der Waals surface area contributed by atoms with Gasteiger partial charge in [0, 0.05) is 26.8 Å². The zero-order valence-corrected chi connectivity index (χ0v) is 12.9. The number of carbonyl (C=O) groups excluding carboxylic acids is 1. The van der Waals surface area contributed by atoms with Gasteiger partial charge in [0.15, 0.2) is 5.82 Å². The van der Waals surface area contributed by atoms with E-state index in [1.807, 2.05) is 13.8 Å². The number of hydrogen-bond acceptors (Lipinski definition) is 5. The van der Waals surface area contributed by atoms with Crippen molar-refractivity contribution in [3.8, 4) is 0 Å². The van der Waals surface area contributed by atoms with E-state index in [1.54, 1.807) is 7.05 Å². The highest BCUT2D eigenvalue weighted by Crippen LogP contribution is 2.19. The third-order valence-electron chi connectivity index (χ3n) is 2.58. The maximum Gasteiger partial charge on any atom is 0.248 e. The van der Waals surface area contributed by atoms with E-state index in [-0.39, 0.29) is 23.2 Å². The van der Waals surface area contributed by atoms with Crippen LogP contribution in [0.3, 0.4) is 0 Å². The van der Waals surface area contributed by atoms with E-state index >= 15 is 0 Å². The van der Waals surface area contributed by atoms with Crippen LogP contribution in [0.2, 0.25) is 0 Å². The SMILES string of the molecule is CC(C)CNC(=O)CN(C)S(=O)(=O)c1cn(C)nc1N. The summed E-state index contributed by atoms with van der Waals surface area (Å²) < 4.78 is 26.8. The molecule has 0 saturated heterocycles. The number of aryl methyl sites for hydroxylation is 1. The number of nitrogens with two attached hydrogens (primary N) is 1. The van der Waals surface area contributed by atoms with Crippen LogP contribution in [0.15, 0.2) is 11.1 Å². The molecule has 114 valence electrons. The van der Waals surface area contributed by atoms with Crippen molar-refractivity contribution >= 4 is 21.7 Å². The first-order valence-corrected chi connectivity index (χ1v) is 7.60. The summed E-state index contributed by atoms with van der Waals surface area (Å²) in [4.78, 5) is 11.6. The molecule has 1 aromatic heterocycles. The Bertz CT molecular complexity index is 579. The maximum atomic E-state index is 12.3. The van der Waals surface area contributed by atoms with Crippen LogP contribution in [0, 0.1) is 5.92 Å². The summed E-state index contributed by atoms with van der Waals surface area (Å²) in [6.07, 6.45) is 1.31. The monoisotopic (exact) mass is 303 g/mol. The van der Waals surface area contributed by atoms with E-state index < -0.39 is 10.0 Å². The summed E-state index contributed by atoms with van der Waals surface area (Å²) in [5.41, 5.74) is 5.56. The molecule has 0 radical (unpaired) electrons. The third kappa shape index (κ3) is 3.94. The molecule has 1 amide bonds. The Morgan fingerprint density at radius 2 is 2.15 bits per heavy atom. The lowest BCUT2D eigenvalue weighted by molar-refractivity contribution is -0.121. The van der Waals surface area contributed by atoms with Gasteiger partial charge in [-0.15, -0.1) is 0 Å². The number of sulfonamides is 1. The number of rotatable bonds is 6. The molecule has 0 aliphatic rings. The fraction of sp³-hybridized carbons (Fsp3) is 0.636. The van der Waals surface area contributed by atoms with Gasteiger partial charge in [0.2, 0.25) is 15.9 Å². The zero-order chi connectivity index (χ0) is 15.5. The molecule has 9 heteroatoms. The van der Waals surface area contributed by atoms with Crippen molar-refractivity contribution in [1.29, 1.82) is 0 Å². The average molecular weight is 303 g/mol. The van der Waals surface area contributed by atoms with Crippen molar-refractivity contribution in [2.45, 2.75) is 18.7 Å². The van der Waals surface area contributed by atoms with Gasteiger partial charge in [-0.1, -0.05) is 13.8 Å². The van der Waals surface area contributed by atoms with Crippen molar-refractivity contribution < 1.29 is 13.2 Å². The zero-order valence-electron chi connectivity index (χ0n) is 12.1. The Morgan fingerprint density at radius 1 is 1.55 bits per heavy atom. The number of nitrogens with zero attached hydrogens (tertiary/aromatic N) is 3. The van der Waals surface area contributed by atoms with Gasteiger partial charge >= 0.3 is 0 Å². The molecule has 1 rings (SSSR count). The van der Waals surface area contributed by atoms with Gasteiger partial charge in [0.25, 0.3) is 0 Å². The van der Waals surface area contributed by atoms with Gasteiger partial charge in [0.1, 0.15) is 4.90 Å². The first-order valence-electron chi connectivity index (χ1n) is 6.16. The van der Waals surface area contributed by atoms with Crippen LogP contribution in [-0.4, -0.2) is 48.5 Å². The first kappa shape index (κ1) is 16.4. The topological polar surface area (TPSA) is 110 Å². The largest absolute Gasteiger partial charge is 0.381 e. The summed E-state index contributed by atoms with van der Waals surface area (Å²) in [6, 6.07) is 0. The van der Waals surface area contributed by atoms with Crippen LogP contribution in [0.4, 0.5) is 5.82 Å². The molecule has 0 saturated carbocycles. The van der Waals surface area contributed by atoms with Crippen LogP contribution < -0.4 is 11.1 Å². The fourth-order valence-corrected chi connectivity index (χ4v) is 2.73. The lowest BCUT2D eigenvalue weighted by Gasteiger charge is -2.16. The summed E-state index contributed by atoms with van der Waals surface area (Å²) in [5, 5.41) is 6.45.